The Morgan fingerprint density at radius 2 is 1.23 bits per heavy atom. The highest BCUT2D eigenvalue weighted by atomic mass is 31.2. The van der Waals surface area contributed by atoms with Crippen LogP contribution in [0.5, 0.6) is 0 Å². The van der Waals surface area contributed by atoms with E-state index < -0.39 is 38.6 Å². The molecule has 0 radical (unpaired) electrons. The molecule has 0 aliphatic heterocycles. The molecule has 0 aromatic carbocycles. The van der Waals surface area contributed by atoms with Gasteiger partial charge >= 0.3 is 11.9 Å². The molecule has 0 aromatic heterocycles. The van der Waals surface area contributed by atoms with Crippen LogP contribution in [0.25, 0.3) is 0 Å². The number of esters is 2. The number of allylic oxidation sites excluding steroid dienone is 10. The molecule has 0 aliphatic rings. The first-order valence-corrected chi connectivity index (χ1v) is 23.2. The molecule has 3 atom stereocenters. The standard InChI is InChI=1S/C46H80NO9P/c1-6-8-10-11-12-13-14-15-16-17-18-19-20-23-26-29-33-37-45(49)53-41-44(42-55-57(51,52)54-40-39-47(3,4)5)56-46(50)38-34-30-27-24-21-22-25-28-32-36-43(48)35-31-9-7-2/h9,12-13,15-16,18-19,25,28,31-32,36,43-44,48H,6-8,10-11,14,17,20-24,26-27,29-30,33-35,37-42H2,1-5H3/b13-12-,16-15-,19-18-,28-25+,31-9+,36-32+/t43?,44-/m1/s1. The molecule has 10 nitrogen and oxygen atoms in total. The minimum atomic E-state index is -4.65. The first-order chi connectivity index (χ1) is 27.4. The fourth-order valence-corrected chi connectivity index (χ4v) is 6.07. The normalized spacial score (nSPS) is 14.9. The molecule has 0 saturated heterocycles. The van der Waals surface area contributed by atoms with Gasteiger partial charge in [-0.3, -0.25) is 14.2 Å². The minimum Gasteiger partial charge on any atom is -0.756 e. The molecule has 0 spiro atoms. The van der Waals surface area contributed by atoms with Crippen molar-refractivity contribution in [1.82, 2.24) is 0 Å². The Morgan fingerprint density at radius 3 is 1.84 bits per heavy atom. The highest BCUT2D eigenvalue weighted by Gasteiger charge is 2.21. The molecule has 0 bridgehead atoms. The number of rotatable bonds is 38. The summed E-state index contributed by atoms with van der Waals surface area (Å²) in [5.41, 5.74) is 0. The molecular formula is C46H80NO9P. The van der Waals surface area contributed by atoms with Crippen LogP contribution in [0.1, 0.15) is 149 Å². The van der Waals surface area contributed by atoms with Gasteiger partial charge in [0.1, 0.15) is 19.8 Å². The van der Waals surface area contributed by atoms with Crippen LogP contribution in [0.15, 0.2) is 72.9 Å². The number of quaternary nitrogens is 1. The number of hydrogen-bond acceptors (Lipinski definition) is 9. The van der Waals surface area contributed by atoms with E-state index in [-0.39, 0.29) is 26.1 Å². The first kappa shape index (κ1) is 54.4. The van der Waals surface area contributed by atoms with Crippen LogP contribution in [-0.4, -0.2) is 81.2 Å². The van der Waals surface area contributed by atoms with Gasteiger partial charge in [0.15, 0.2) is 6.10 Å². The molecule has 0 aromatic rings. The van der Waals surface area contributed by atoms with E-state index in [9.17, 15) is 24.2 Å². The zero-order chi connectivity index (χ0) is 42.3. The van der Waals surface area contributed by atoms with Gasteiger partial charge in [-0.2, -0.15) is 0 Å². The number of phosphoric ester groups is 1. The van der Waals surface area contributed by atoms with Gasteiger partial charge in [-0.15, -0.1) is 0 Å². The van der Waals surface area contributed by atoms with Crippen LogP contribution in [-0.2, 0) is 32.7 Å². The molecule has 57 heavy (non-hydrogen) atoms. The van der Waals surface area contributed by atoms with E-state index in [4.69, 9.17) is 18.5 Å². The van der Waals surface area contributed by atoms with E-state index in [1.165, 1.54) is 25.7 Å². The van der Waals surface area contributed by atoms with Crippen LogP contribution in [0.2, 0.25) is 0 Å². The van der Waals surface area contributed by atoms with Crippen molar-refractivity contribution in [3.8, 4) is 0 Å². The van der Waals surface area contributed by atoms with Gasteiger partial charge in [-0.1, -0.05) is 132 Å². The highest BCUT2D eigenvalue weighted by Crippen LogP contribution is 2.38. The van der Waals surface area contributed by atoms with Crippen molar-refractivity contribution in [1.29, 1.82) is 0 Å². The number of carbonyl (C=O) groups is 2. The Morgan fingerprint density at radius 1 is 0.667 bits per heavy atom. The third-order valence-corrected chi connectivity index (χ3v) is 9.75. The quantitative estimate of drug-likeness (QED) is 0.0161. The average molecular weight is 822 g/mol. The van der Waals surface area contributed by atoms with Gasteiger partial charge < -0.3 is 33.0 Å². The second-order valence-electron chi connectivity index (χ2n) is 15.5. The van der Waals surface area contributed by atoms with Gasteiger partial charge in [0.25, 0.3) is 7.82 Å². The number of likely N-dealkylation sites (N-methyl/N-ethyl adjacent to an activating group) is 1. The Balaban J connectivity index is 4.49. The second kappa shape index (κ2) is 37.7. The predicted molar refractivity (Wildman–Crippen MR) is 232 cm³/mol. The third kappa shape index (κ3) is 41.4. The SMILES string of the molecule is CC/C=C/CC(O)/C=C/C=C/CCCCCCCC(=O)O[C@H](COC(=O)CCCCCC/C=C\C/C=C\C/C=C\CCCCC)COP(=O)([O-])OCC[N+](C)(C)C. The van der Waals surface area contributed by atoms with Crippen LogP contribution in [0.4, 0.5) is 0 Å². The van der Waals surface area contributed by atoms with Crippen LogP contribution in [0, 0.1) is 0 Å². The summed E-state index contributed by atoms with van der Waals surface area (Å²) < 4.78 is 33.8. The lowest BCUT2D eigenvalue weighted by atomic mass is 10.1. The topological polar surface area (TPSA) is 131 Å². The number of aliphatic hydroxyl groups is 1. The van der Waals surface area contributed by atoms with E-state index in [0.717, 1.165) is 77.0 Å². The molecule has 0 amide bonds. The zero-order valence-electron chi connectivity index (χ0n) is 36.4. The van der Waals surface area contributed by atoms with Gasteiger partial charge in [0.05, 0.1) is 33.9 Å². The van der Waals surface area contributed by atoms with Gasteiger partial charge in [-0.05, 0) is 77.0 Å². The minimum absolute atomic E-state index is 0.0522. The molecule has 0 aliphatic carbocycles. The lowest BCUT2D eigenvalue weighted by molar-refractivity contribution is -0.870. The molecule has 328 valence electrons. The molecule has 1 N–H and O–H groups in total. The highest BCUT2D eigenvalue weighted by molar-refractivity contribution is 7.45. The summed E-state index contributed by atoms with van der Waals surface area (Å²) in [5.74, 6) is -0.921. The Hall–Kier alpha value is -2.59. The largest absolute Gasteiger partial charge is 0.756 e. The molecule has 0 heterocycles. The van der Waals surface area contributed by atoms with E-state index in [2.05, 4.69) is 56.4 Å². The maximum atomic E-state index is 12.7. The van der Waals surface area contributed by atoms with E-state index in [1.807, 2.05) is 45.4 Å². The van der Waals surface area contributed by atoms with Gasteiger partial charge in [0, 0.05) is 12.8 Å². The summed E-state index contributed by atoms with van der Waals surface area (Å²) in [7, 11) is 1.09. The number of aliphatic hydroxyl groups excluding tert-OH is 1. The maximum Gasteiger partial charge on any atom is 0.306 e. The molecule has 2 unspecified atom stereocenters. The van der Waals surface area contributed by atoms with Crippen molar-refractivity contribution < 1.29 is 47.2 Å². The Kier molecular flexibility index (Phi) is 36.0. The van der Waals surface area contributed by atoms with Crippen molar-refractivity contribution in [2.24, 2.45) is 0 Å². The number of carbonyl (C=O) groups excluding carboxylic acids is 2. The molecule has 0 saturated carbocycles. The summed E-state index contributed by atoms with van der Waals surface area (Å²) in [6, 6.07) is 0. The zero-order valence-corrected chi connectivity index (χ0v) is 37.3. The monoisotopic (exact) mass is 822 g/mol. The smallest absolute Gasteiger partial charge is 0.306 e. The fraction of sp³-hybridized carbons (Fsp3) is 0.696. The molecule has 11 heteroatoms. The van der Waals surface area contributed by atoms with Crippen molar-refractivity contribution in [2.45, 2.75) is 161 Å². The number of ether oxygens (including phenoxy) is 2. The number of unbranched alkanes of at least 4 members (excludes halogenated alkanes) is 12. The molecular weight excluding hydrogens is 741 g/mol. The second-order valence-corrected chi connectivity index (χ2v) is 16.9. The number of phosphoric acid groups is 1. The first-order valence-electron chi connectivity index (χ1n) is 21.8. The summed E-state index contributed by atoms with van der Waals surface area (Å²) in [6.07, 6.45) is 42.5. The van der Waals surface area contributed by atoms with Gasteiger partial charge in [0.2, 0.25) is 0 Å². The van der Waals surface area contributed by atoms with Gasteiger partial charge in [-0.25, -0.2) is 0 Å². The summed E-state index contributed by atoms with van der Waals surface area (Å²) in [4.78, 5) is 37.5. The molecule has 0 rings (SSSR count). The predicted octanol–water partition coefficient (Wildman–Crippen LogP) is 10.6. The summed E-state index contributed by atoms with van der Waals surface area (Å²) in [6.45, 7) is 3.89. The Labute approximate surface area is 347 Å². The maximum absolute atomic E-state index is 12.7. The summed E-state index contributed by atoms with van der Waals surface area (Å²) in [5, 5.41) is 9.88. The molecule has 0 fully saturated rings. The lowest BCUT2D eigenvalue weighted by Crippen LogP contribution is -2.37. The van der Waals surface area contributed by atoms with Crippen LogP contribution in [0.3, 0.4) is 0 Å². The fourth-order valence-electron chi connectivity index (χ4n) is 5.34. The summed E-state index contributed by atoms with van der Waals surface area (Å²) >= 11 is 0. The van der Waals surface area contributed by atoms with Crippen LogP contribution >= 0.6 is 7.82 Å². The number of nitrogens with zero attached hydrogens (tertiary/aromatic N) is 1. The van der Waals surface area contributed by atoms with Crippen molar-refractivity contribution in [3.63, 3.8) is 0 Å². The van der Waals surface area contributed by atoms with Crippen molar-refractivity contribution in [3.05, 3.63) is 72.9 Å². The lowest BCUT2D eigenvalue weighted by Gasteiger charge is -2.28. The van der Waals surface area contributed by atoms with E-state index >= 15 is 0 Å². The van der Waals surface area contributed by atoms with Crippen molar-refractivity contribution >= 4 is 19.8 Å². The average Bonchev–Trinajstić information content (AvgIpc) is 3.15. The van der Waals surface area contributed by atoms with Crippen LogP contribution < -0.4 is 4.89 Å². The van der Waals surface area contributed by atoms with E-state index in [0.29, 0.717) is 30.3 Å². The van der Waals surface area contributed by atoms with Crippen molar-refractivity contribution in [2.75, 3.05) is 47.5 Å². The third-order valence-electron chi connectivity index (χ3n) is 8.79. The Bertz CT molecular complexity index is 1220. The van der Waals surface area contributed by atoms with E-state index in [1.54, 1.807) is 6.08 Å². The number of hydrogen-bond donors (Lipinski definition) is 1.